The maximum Gasteiger partial charge on any atom is 0.0954 e. The van der Waals surface area contributed by atoms with Gasteiger partial charge in [-0.1, -0.05) is 0 Å². The molecule has 0 saturated heterocycles. The number of rotatable bonds is 3. The molecule has 96 valence electrons. The van der Waals surface area contributed by atoms with Crippen molar-refractivity contribution in [3.8, 4) is 0 Å². The summed E-state index contributed by atoms with van der Waals surface area (Å²) < 4.78 is 0.932. The van der Waals surface area contributed by atoms with Crippen molar-refractivity contribution in [1.29, 1.82) is 0 Å². The number of fused-ring (bicyclic) bond motifs is 1. The molecule has 0 fully saturated rings. The monoisotopic (exact) mass is 333 g/mol. The van der Waals surface area contributed by atoms with E-state index >= 15 is 0 Å². The number of halogens is 1. The van der Waals surface area contributed by atoms with Gasteiger partial charge in [-0.15, -0.1) is 0 Å². The lowest BCUT2D eigenvalue weighted by atomic mass is 10.1. The molecule has 0 amide bonds. The minimum Gasteiger partial charge on any atom is -0.398 e. The molecular formula is C14H12BrN3S. The second kappa shape index (κ2) is 5.19. The second-order valence-corrected chi connectivity index (χ2v) is 5.93. The maximum atomic E-state index is 6.00. The third-order valence-electron chi connectivity index (χ3n) is 2.91. The highest BCUT2D eigenvalue weighted by Gasteiger charge is 2.06. The Kier molecular flexibility index (Phi) is 3.40. The van der Waals surface area contributed by atoms with E-state index < -0.39 is 0 Å². The van der Waals surface area contributed by atoms with Crippen molar-refractivity contribution < 1.29 is 0 Å². The van der Waals surface area contributed by atoms with E-state index in [0.717, 1.165) is 33.3 Å². The van der Waals surface area contributed by atoms with Gasteiger partial charge in [0.05, 0.1) is 11.2 Å². The molecule has 0 atom stereocenters. The highest BCUT2D eigenvalue weighted by Crippen LogP contribution is 2.29. The number of nitrogens with one attached hydrogen (secondary N) is 1. The van der Waals surface area contributed by atoms with Crippen molar-refractivity contribution in [1.82, 2.24) is 4.98 Å². The van der Waals surface area contributed by atoms with E-state index in [1.54, 1.807) is 17.5 Å². The van der Waals surface area contributed by atoms with Crippen LogP contribution in [-0.4, -0.2) is 4.98 Å². The predicted molar refractivity (Wildman–Crippen MR) is 85.5 cm³/mol. The first-order valence-electron chi connectivity index (χ1n) is 5.83. The Bertz CT molecular complexity index is 710. The Morgan fingerprint density at radius 1 is 1.32 bits per heavy atom. The molecule has 0 radical (unpaired) electrons. The van der Waals surface area contributed by atoms with Crippen LogP contribution in [0, 0.1) is 0 Å². The summed E-state index contributed by atoms with van der Waals surface area (Å²) in [7, 11) is 0. The van der Waals surface area contributed by atoms with Crippen molar-refractivity contribution >= 4 is 49.5 Å². The first-order chi connectivity index (χ1) is 9.24. The Morgan fingerprint density at radius 3 is 3.00 bits per heavy atom. The van der Waals surface area contributed by atoms with Gasteiger partial charge < -0.3 is 11.1 Å². The van der Waals surface area contributed by atoms with E-state index in [0.29, 0.717) is 0 Å². The van der Waals surface area contributed by atoms with E-state index in [9.17, 15) is 0 Å². The van der Waals surface area contributed by atoms with Gasteiger partial charge in [-0.2, -0.15) is 11.3 Å². The summed E-state index contributed by atoms with van der Waals surface area (Å²) in [6.07, 6.45) is 1.79. The van der Waals surface area contributed by atoms with Crippen molar-refractivity contribution in [3.05, 3.63) is 51.3 Å². The zero-order valence-corrected chi connectivity index (χ0v) is 12.5. The SMILES string of the molecule is Nc1ccc(NCc2ccsc2)c2ncc(Br)cc12. The van der Waals surface area contributed by atoms with Gasteiger partial charge in [-0.05, 0) is 56.5 Å². The van der Waals surface area contributed by atoms with Crippen molar-refractivity contribution in [3.63, 3.8) is 0 Å². The Hall–Kier alpha value is -1.59. The number of hydrogen-bond donors (Lipinski definition) is 2. The number of aromatic nitrogens is 1. The molecule has 0 bridgehead atoms. The molecule has 1 aromatic carbocycles. The van der Waals surface area contributed by atoms with Gasteiger partial charge in [-0.3, -0.25) is 4.98 Å². The van der Waals surface area contributed by atoms with E-state index in [1.165, 1.54) is 5.56 Å². The van der Waals surface area contributed by atoms with Gasteiger partial charge in [0.1, 0.15) is 0 Å². The molecule has 0 aliphatic heterocycles. The first-order valence-corrected chi connectivity index (χ1v) is 7.56. The van der Waals surface area contributed by atoms with Gasteiger partial charge >= 0.3 is 0 Å². The highest BCUT2D eigenvalue weighted by atomic mass is 79.9. The van der Waals surface area contributed by atoms with Crippen LogP contribution in [0.1, 0.15) is 5.56 Å². The maximum absolute atomic E-state index is 6.00. The number of nitrogen functional groups attached to an aromatic ring is 1. The third kappa shape index (κ3) is 2.57. The minimum absolute atomic E-state index is 0.741. The summed E-state index contributed by atoms with van der Waals surface area (Å²) in [6, 6.07) is 7.99. The summed E-state index contributed by atoms with van der Waals surface area (Å²) in [4.78, 5) is 4.45. The number of nitrogens with zero attached hydrogens (tertiary/aromatic N) is 1. The molecule has 0 aliphatic rings. The predicted octanol–water partition coefficient (Wildman–Crippen LogP) is 4.25. The van der Waals surface area contributed by atoms with Crippen LogP contribution in [0.2, 0.25) is 0 Å². The topological polar surface area (TPSA) is 50.9 Å². The molecule has 2 heterocycles. The number of thiophene rings is 1. The summed E-state index contributed by atoms with van der Waals surface area (Å²) in [6.45, 7) is 0.792. The van der Waals surface area contributed by atoms with Crippen molar-refractivity contribution in [2.24, 2.45) is 0 Å². The van der Waals surface area contributed by atoms with E-state index in [2.05, 4.69) is 43.1 Å². The highest BCUT2D eigenvalue weighted by molar-refractivity contribution is 9.10. The smallest absolute Gasteiger partial charge is 0.0954 e. The molecule has 5 heteroatoms. The molecule has 3 N–H and O–H groups in total. The molecule has 3 aromatic rings. The van der Waals surface area contributed by atoms with Gasteiger partial charge in [0.25, 0.3) is 0 Å². The van der Waals surface area contributed by atoms with Gasteiger partial charge in [0.2, 0.25) is 0 Å². The molecule has 19 heavy (non-hydrogen) atoms. The molecule has 3 rings (SSSR count). The van der Waals surface area contributed by atoms with Gasteiger partial charge in [-0.25, -0.2) is 0 Å². The number of pyridine rings is 1. The number of hydrogen-bond acceptors (Lipinski definition) is 4. The Labute approximate surface area is 123 Å². The Morgan fingerprint density at radius 2 is 2.21 bits per heavy atom. The van der Waals surface area contributed by atoms with Crippen LogP contribution in [-0.2, 0) is 6.54 Å². The lowest BCUT2D eigenvalue weighted by molar-refractivity contribution is 1.16. The van der Waals surface area contributed by atoms with Crippen LogP contribution in [0.15, 0.2) is 45.7 Å². The van der Waals surface area contributed by atoms with Gasteiger partial charge in [0, 0.05) is 28.3 Å². The molecule has 0 unspecified atom stereocenters. The summed E-state index contributed by atoms with van der Waals surface area (Å²) in [5.41, 5.74) is 9.91. The fourth-order valence-electron chi connectivity index (χ4n) is 1.95. The molecular weight excluding hydrogens is 322 g/mol. The van der Waals surface area contributed by atoms with E-state index in [4.69, 9.17) is 5.73 Å². The fraction of sp³-hybridized carbons (Fsp3) is 0.0714. The summed E-state index contributed by atoms with van der Waals surface area (Å²) >= 11 is 5.13. The average Bonchev–Trinajstić information content (AvgIpc) is 2.92. The minimum atomic E-state index is 0.741. The second-order valence-electron chi connectivity index (χ2n) is 4.24. The summed E-state index contributed by atoms with van der Waals surface area (Å²) in [5, 5.41) is 8.58. The standard InChI is InChI=1S/C14H12BrN3S/c15-10-5-11-12(16)1-2-13(14(11)18-7-10)17-6-9-3-4-19-8-9/h1-5,7-8,17H,6,16H2. The largest absolute Gasteiger partial charge is 0.398 e. The normalized spacial score (nSPS) is 10.8. The van der Waals surface area contributed by atoms with Gasteiger partial charge in [0.15, 0.2) is 0 Å². The van der Waals surface area contributed by atoms with Crippen molar-refractivity contribution in [2.45, 2.75) is 6.54 Å². The molecule has 0 spiro atoms. The van der Waals surface area contributed by atoms with Crippen LogP contribution < -0.4 is 11.1 Å². The molecule has 0 aliphatic carbocycles. The molecule has 2 aromatic heterocycles. The first kappa shape index (κ1) is 12.4. The summed E-state index contributed by atoms with van der Waals surface area (Å²) in [5.74, 6) is 0. The van der Waals surface area contributed by atoms with E-state index in [1.807, 2.05) is 18.2 Å². The number of nitrogens with two attached hydrogens (primary N) is 1. The lowest BCUT2D eigenvalue weighted by Gasteiger charge is -2.10. The van der Waals surface area contributed by atoms with Crippen LogP contribution in [0.3, 0.4) is 0 Å². The lowest BCUT2D eigenvalue weighted by Crippen LogP contribution is -2.00. The Balaban J connectivity index is 1.97. The van der Waals surface area contributed by atoms with Crippen molar-refractivity contribution in [2.75, 3.05) is 11.1 Å². The zero-order chi connectivity index (χ0) is 13.2. The number of benzene rings is 1. The average molecular weight is 334 g/mol. The van der Waals surface area contributed by atoms with Crippen LogP contribution in [0.25, 0.3) is 10.9 Å². The molecule has 3 nitrogen and oxygen atoms in total. The third-order valence-corrected chi connectivity index (χ3v) is 4.08. The van der Waals surface area contributed by atoms with Crippen LogP contribution >= 0.6 is 27.3 Å². The zero-order valence-electron chi connectivity index (χ0n) is 10.1. The fourth-order valence-corrected chi connectivity index (χ4v) is 2.95. The molecule has 0 saturated carbocycles. The number of anilines is 2. The van der Waals surface area contributed by atoms with E-state index in [-0.39, 0.29) is 0 Å². The quantitative estimate of drug-likeness (QED) is 0.704. The van der Waals surface area contributed by atoms with Crippen LogP contribution in [0.5, 0.6) is 0 Å². The van der Waals surface area contributed by atoms with Crippen LogP contribution in [0.4, 0.5) is 11.4 Å².